The second kappa shape index (κ2) is 7.13. The second-order valence-corrected chi connectivity index (χ2v) is 6.88. The van der Waals surface area contributed by atoms with E-state index in [0.29, 0.717) is 11.3 Å². The molecule has 0 unspecified atom stereocenters. The van der Waals surface area contributed by atoms with Gasteiger partial charge in [-0.15, -0.1) is 0 Å². The van der Waals surface area contributed by atoms with Gasteiger partial charge in [0.2, 0.25) is 10.0 Å². The monoisotopic (exact) mass is 386 g/mol. The van der Waals surface area contributed by atoms with E-state index in [1.165, 1.54) is 18.2 Å². The Morgan fingerprint density at radius 2 is 2.00 bits per heavy atom. The van der Waals surface area contributed by atoms with E-state index in [4.69, 9.17) is 16.7 Å². The molecule has 2 rings (SSSR count). The first kappa shape index (κ1) is 18.8. The van der Waals surface area contributed by atoms with E-state index in [0.717, 1.165) is 18.2 Å². The summed E-state index contributed by atoms with van der Waals surface area (Å²) >= 11 is 5.92. The molecule has 0 radical (unpaired) electrons. The van der Waals surface area contributed by atoms with Crippen LogP contribution in [0.25, 0.3) is 0 Å². The summed E-state index contributed by atoms with van der Waals surface area (Å²) in [6, 6.07) is 6.83. The van der Waals surface area contributed by atoms with E-state index in [1.807, 2.05) is 0 Å². The second-order valence-electron chi connectivity index (χ2n) is 4.91. The average Bonchev–Trinajstić information content (AvgIpc) is 2.51. The van der Waals surface area contributed by atoms with Crippen molar-refractivity contribution in [2.75, 3.05) is 5.43 Å². The number of nitro groups is 1. The number of nitro benzene ring substituents is 1. The summed E-state index contributed by atoms with van der Waals surface area (Å²) in [5.41, 5.74) is 2.68. The molecular formula is C14H12ClFN4O4S. The molecule has 132 valence electrons. The van der Waals surface area contributed by atoms with Gasteiger partial charge in [0.15, 0.2) is 0 Å². The minimum atomic E-state index is -4.08. The molecule has 0 aliphatic heterocycles. The van der Waals surface area contributed by atoms with Gasteiger partial charge in [0.05, 0.1) is 20.6 Å². The summed E-state index contributed by atoms with van der Waals surface area (Å²) < 4.78 is 35.7. The van der Waals surface area contributed by atoms with Crippen LogP contribution in [0.15, 0.2) is 46.4 Å². The summed E-state index contributed by atoms with van der Waals surface area (Å²) in [5, 5.41) is 20.2. The number of hydrazone groups is 1. The topological polar surface area (TPSA) is 128 Å². The van der Waals surface area contributed by atoms with Gasteiger partial charge in [-0.3, -0.25) is 15.5 Å². The summed E-state index contributed by atoms with van der Waals surface area (Å²) in [6.07, 6.45) is 0. The first-order valence-corrected chi connectivity index (χ1v) is 8.59. The van der Waals surface area contributed by atoms with Crippen LogP contribution >= 0.6 is 11.6 Å². The maximum absolute atomic E-state index is 13.1. The zero-order valence-corrected chi connectivity index (χ0v) is 14.3. The van der Waals surface area contributed by atoms with Gasteiger partial charge in [-0.1, -0.05) is 11.6 Å². The highest BCUT2D eigenvalue weighted by atomic mass is 35.5. The standard InChI is InChI=1S/C14H12ClFN4O4S/c1-8(11-4-2-9(16)6-12(11)15)18-19-13-5-3-10(25(17,23)24)7-14(13)20(21)22/h2-7,19H,1H3,(H2,17,23,24)/b18-8-. The van der Waals surface area contributed by atoms with Crippen molar-refractivity contribution in [3.8, 4) is 0 Å². The van der Waals surface area contributed by atoms with Crippen molar-refractivity contribution >= 4 is 38.7 Å². The minimum absolute atomic E-state index is 0.0463. The summed E-state index contributed by atoms with van der Waals surface area (Å²) in [4.78, 5) is 9.96. The Morgan fingerprint density at radius 3 is 2.56 bits per heavy atom. The molecule has 0 spiro atoms. The van der Waals surface area contributed by atoms with E-state index in [1.54, 1.807) is 6.92 Å². The van der Waals surface area contributed by atoms with Gasteiger partial charge in [-0.25, -0.2) is 17.9 Å². The molecule has 25 heavy (non-hydrogen) atoms. The molecule has 3 N–H and O–H groups in total. The molecule has 2 aromatic carbocycles. The van der Waals surface area contributed by atoms with Gasteiger partial charge in [0, 0.05) is 11.6 Å². The third-order valence-corrected chi connectivity index (χ3v) is 4.38. The fraction of sp³-hybridized carbons (Fsp3) is 0.0714. The van der Waals surface area contributed by atoms with Crippen LogP contribution in [0.2, 0.25) is 5.02 Å². The Kier molecular flexibility index (Phi) is 5.36. The highest BCUT2D eigenvalue weighted by Gasteiger charge is 2.19. The molecule has 0 aliphatic rings. The third-order valence-electron chi connectivity index (χ3n) is 3.16. The number of nitrogens with zero attached hydrogens (tertiary/aromatic N) is 2. The number of nitrogens with two attached hydrogens (primary N) is 1. The predicted molar refractivity (Wildman–Crippen MR) is 91.7 cm³/mol. The van der Waals surface area contributed by atoms with E-state index in [-0.39, 0.29) is 10.7 Å². The Balaban J connectivity index is 2.38. The smallest absolute Gasteiger partial charge is 0.271 e. The molecule has 0 fully saturated rings. The number of rotatable bonds is 5. The lowest BCUT2D eigenvalue weighted by Gasteiger charge is -2.07. The molecule has 0 aromatic heterocycles. The Bertz CT molecular complexity index is 979. The number of hydrogen-bond donors (Lipinski definition) is 2. The van der Waals surface area contributed by atoms with Crippen molar-refractivity contribution < 1.29 is 17.7 Å². The molecular weight excluding hydrogens is 375 g/mol. The van der Waals surface area contributed by atoms with Gasteiger partial charge >= 0.3 is 0 Å². The quantitative estimate of drug-likeness (QED) is 0.464. The van der Waals surface area contributed by atoms with E-state index in [2.05, 4.69) is 10.5 Å². The number of hydrogen-bond acceptors (Lipinski definition) is 6. The Labute approximate surface area is 147 Å². The van der Waals surface area contributed by atoms with Crippen LogP contribution in [-0.4, -0.2) is 19.1 Å². The van der Waals surface area contributed by atoms with Crippen LogP contribution in [0.3, 0.4) is 0 Å². The molecule has 0 aliphatic carbocycles. The molecule has 0 heterocycles. The molecule has 8 nitrogen and oxygen atoms in total. The van der Waals surface area contributed by atoms with Gasteiger partial charge in [0.25, 0.3) is 5.69 Å². The van der Waals surface area contributed by atoms with E-state index < -0.39 is 31.3 Å². The number of primary sulfonamides is 1. The Hall–Kier alpha value is -2.56. The number of sulfonamides is 1. The van der Waals surface area contributed by atoms with Crippen LogP contribution < -0.4 is 10.6 Å². The third kappa shape index (κ3) is 4.50. The normalized spacial score (nSPS) is 12.1. The van der Waals surface area contributed by atoms with Crippen molar-refractivity contribution in [3.05, 3.63) is 62.9 Å². The number of halogens is 2. The summed E-state index contributed by atoms with van der Waals surface area (Å²) in [5.74, 6) is -0.510. The van der Waals surface area contributed by atoms with Crippen LogP contribution in [0.4, 0.5) is 15.8 Å². The van der Waals surface area contributed by atoms with Gasteiger partial charge < -0.3 is 0 Å². The lowest BCUT2D eigenvalue weighted by atomic mass is 10.1. The highest BCUT2D eigenvalue weighted by molar-refractivity contribution is 7.89. The van der Waals surface area contributed by atoms with Crippen LogP contribution in [0, 0.1) is 15.9 Å². The molecule has 0 bridgehead atoms. The summed E-state index contributed by atoms with van der Waals surface area (Å²) in [6.45, 7) is 1.57. The number of benzene rings is 2. The average molecular weight is 387 g/mol. The van der Waals surface area contributed by atoms with Crippen molar-refractivity contribution in [3.63, 3.8) is 0 Å². The molecule has 0 amide bonds. The fourth-order valence-corrected chi connectivity index (χ4v) is 2.76. The minimum Gasteiger partial charge on any atom is -0.271 e. The first-order valence-electron chi connectivity index (χ1n) is 6.66. The van der Waals surface area contributed by atoms with Crippen LogP contribution in [-0.2, 0) is 10.0 Å². The van der Waals surface area contributed by atoms with Crippen LogP contribution in [0.1, 0.15) is 12.5 Å². The predicted octanol–water partition coefficient (Wildman–Crippen LogP) is 2.87. The lowest BCUT2D eigenvalue weighted by Crippen LogP contribution is -2.12. The van der Waals surface area contributed by atoms with Crippen molar-refractivity contribution in [1.82, 2.24) is 0 Å². The van der Waals surface area contributed by atoms with Crippen LogP contribution in [0.5, 0.6) is 0 Å². The number of nitrogens with one attached hydrogen (secondary N) is 1. The molecule has 2 aromatic rings. The maximum atomic E-state index is 13.1. The van der Waals surface area contributed by atoms with Crippen molar-refractivity contribution in [2.45, 2.75) is 11.8 Å². The van der Waals surface area contributed by atoms with Gasteiger partial charge in [0.1, 0.15) is 11.5 Å². The molecule has 0 atom stereocenters. The first-order chi connectivity index (χ1) is 11.6. The van der Waals surface area contributed by atoms with Gasteiger partial charge in [-0.05, 0) is 37.3 Å². The molecule has 11 heteroatoms. The molecule has 0 saturated carbocycles. The zero-order valence-electron chi connectivity index (χ0n) is 12.7. The Morgan fingerprint density at radius 1 is 1.32 bits per heavy atom. The van der Waals surface area contributed by atoms with Crippen molar-refractivity contribution in [1.29, 1.82) is 0 Å². The summed E-state index contributed by atoms with van der Waals surface area (Å²) in [7, 11) is -4.08. The van der Waals surface area contributed by atoms with E-state index >= 15 is 0 Å². The fourth-order valence-electron chi connectivity index (χ4n) is 1.92. The largest absolute Gasteiger partial charge is 0.295 e. The molecule has 0 saturated heterocycles. The maximum Gasteiger partial charge on any atom is 0.295 e. The van der Waals surface area contributed by atoms with Gasteiger partial charge in [-0.2, -0.15) is 5.10 Å². The number of anilines is 1. The van der Waals surface area contributed by atoms with Crippen molar-refractivity contribution in [2.24, 2.45) is 10.2 Å². The SMILES string of the molecule is C/C(=N/Nc1ccc(S(N)(=O)=O)cc1[N+](=O)[O-])c1ccc(F)cc1Cl. The lowest BCUT2D eigenvalue weighted by molar-refractivity contribution is -0.384. The highest BCUT2D eigenvalue weighted by Crippen LogP contribution is 2.27. The van der Waals surface area contributed by atoms with E-state index in [9.17, 15) is 22.9 Å². The zero-order chi connectivity index (χ0) is 18.8.